The van der Waals surface area contributed by atoms with Crippen LogP contribution in [0.2, 0.25) is 0 Å². The zero-order valence-corrected chi connectivity index (χ0v) is 17.5. The molecule has 0 unspecified atom stereocenters. The van der Waals surface area contributed by atoms with E-state index in [0.717, 1.165) is 42.0 Å². The maximum atomic E-state index is 6.11. The van der Waals surface area contributed by atoms with E-state index in [1.165, 1.54) is 0 Å². The van der Waals surface area contributed by atoms with Crippen molar-refractivity contribution in [2.75, 3.05) is 38.5 Å². The van der Waals surface area contributed by atoms with Crippen molar-refractivity contribution in [1.82, 2.24) is 15.0 Å². The van der Waals surface area contributed by atoms with E-state index in [4.69, 9.17) is 19.4 Å². The number of hydrogen-bond donors (Lipinski definition) is 1. The van der Waals surface area contributed by atoms with Crippen LogP contribution in [0.1, 0.15) is 39.3 Å². The molecule has 0 amide bonds. The summed E-state index contributed by atoms with van der Waals surface area (Å²) >= 11 is 0. The summed E-state index contributed by atoms with van der Waals surface area (Å²) in [7, 11) is 7.38. The Labute approximate surface area is 162 Å². The lowest BCUT2D eigenvalue weighted by Gasteiger charge is -2.22. The molecule has 0 fully saturated rings. The van der Waals surface area contributed by atoms with Gasteiger partial charge in [0, 0.05) is 27.3 Å². The molecular weight excluding hydrogens is 342 g/mol. The van der Waals surface area contributed by atoms with Crippen molar-refractivity contribution >= 4 is 11.6 Å². The maximum Gasteiger partial charge on any atom is 0.257 e. The smallest absolute Gasteiger partial charge is 0.257 e. The molecule has 0 saturated heterocycles. The average molecular weight is 374 g/mol. The van der Waals surface area contributed by atoms with Gasteiger partial charge in [-0.1, -0.05) is 20.8 Å². The molecule has 0 aliphatic rings. The van der Waals surface area contributed by atoms with E-state index < -0.39 is 0 Å². The van der Waals surface area contributed by atoms with Gasteiger partial charge in [-0.05, 0) is 25.3 Å². The van der Waals surface area contributed by atoms with Gasteiger partial charge in [-0.3, -0.25) is 0 Å². The van der Waals surface area contributed by atoms with Crippen LogP contribution in [0, 0.1) is 0 Å². The Morgan fingerprint density at radius 3 is 2.37 bits per heavy atom. The number of anilines is 2. The van der Waals surface area contributed by atoms with Crippen molar-refractivity contribution in [1.29, 1.82) is 0 Å². The molecule has 0 bridgehead atoms. The van der Waals surface area contributed by atoms with Gasteiger partial charge in [0.15, 0.2) is 5.82 Å². The van der Waals surface area contributed by atoms with E-state index in [1.54, 1.807) is 13.3 Å². The largest absolute Gasteiger partial charge is 0.496 e. The fraction of sp³-hybridized carbons (Fsp3) is 0.550. The van der Waals surface area contributed by atoms with Gasteiger partial charge < -0.3 is 19.7 Å². The molecule has 0 saturated carbocycles. The third kappa shape index (κ3) is 4.40. The molecule has 0 spiro atoms. The molecule has 2 heterocycles. The van der Waals surface area contributed by atoms with E-state index in [2.05, 4.69) is 31.1 Å². The maximum absolute atomic E-state index is 6.11. The number of aryl methyl sites for hydroxylation is 1. The third-order valence-corrected chi connectivity index (χ3v) is 4.47. The highest BCUT2D eigenvalue weighted by Crippen LogP contribution is 2.39. The normalized spacial score (nSPS) is 10.8. The van der Waals surface area contributed by atoms with E-state index in [1.807, 2.05) is 32.1 Å². The van der Waals surface area contributed by atoms with Crippen molar-refractivity contribution < 1.29 is 9.47 Å². The Balaban J connectivity index is 2.68. The number of nitrogens with zero attached hydrogens (tertiary/aromatic N) is 4. The number of ether oxygens (including phenoxy) is 2. The standard InChI is InChI=1S/C20H31N5O2/c1-8-13(9-2)27-20-18(21-4)24-17(14(10-3)23-20)16-15(26-7)11-12-22-19(16)25(5)6/h11-13H,8-10H2,1-7H3,(H,21,24). The fourth-order valence-electron chi connectivity index (χ4n) is 2.92. The lowest BCUT2D eigenvalue weighted by molar-refractivity contribution is 0.185. The first kappa shape index (κ1) is 20.7. The molecule has 1 N–H and O–H groups in total. The predicted molar refractivity (Wildman–Crippen MR) is 110 cm³/mol. The summed E-state index contributed by atoms with van der Waals surface area (Å²) in [4.78, 5) is 16.1. The topological polar surface area (TPSA) is 72.4 Å². The van der Waals surface area contributed by atoms with Gasteiger partial charge in [-0.15, -0.1) is 0 Å². The molecule has 7 nitrogen and oxygen atoms in total. The van der Waals surface area contributed by atoms with Crippen LogP contribution in [0.5, 0.6) is 11.6 Å². The van der Waals surface area contributed by atoms with Crippen LogP contribution < -0.4 is 19.7 Å². The highest BCUT2D eigenvalue weighted by molar-refractivity contribution is 5.81. The van der Waals surface area contributed by atoms with Gasteiger partial charge in [-0.2, -0.15) is 0 Å². The minimum Gasteiger partial charge on any atom is -0.496 e. The number of methoxy groups -OCH3 is 1. The highest BCUT2D eigenvalue weighted by atomic mass is 16.5. The van der Waals surface area contributed by atoms with Crippen LogP contribution in [0.25, 0.3) is 11.3 Å². The number of pyridine rings is 1. The fourth-order valence-corrected chi connectivity index (χ4v) is 2.92. The van der Waals surface area contributed by atoms with Crippen molar-refractivity contribution in [2.45, 2.75) is 46.1 Å². The molecule has 0 atom stereocenters. The van der Waals surface area contributed by atoms with Crippen LogP contribution in [0.15, 0.2) is 12.3 Å². The molecule has 2 aromatic heterocycles. The summed E-state index contributed by atoms with van der Waals surface area (Å²) in [6.45, 7) is 6.28. The van der Waals surface area contributed by atoms with Crippen LogP contribution in [-0.4, -0.2) is 49.3 Å². The van der Waals surface area contributed by atoms with E-state index in [-0.39, 0.29) is 6.10 Å². The number of hydrogen-bond acceptors (Lipinski definition) is 7. The van der Waals surface area contributed by atoms with Crippen LogP contribution in [-0.2, 0) is 6.42 Å². The molecule has 7 heteroatoms. The Hall–Kier alpha value is -2.57. The first-order valence-corrected chi connectivity index (χ1v) is 9.46. The Kier molecular flexibility index (Phi) is 7.21. The second kappa shape index (κ2) is 9.39. The molecule has 0 aliphatic heterocycles. The van der Waals surface area contributed by atoms with Gasteiger partial charge in [0.05, 0.1) is 18.4 Å². The lowest BCUT2D eigenvalue weighted by Crippen LogP contribution is -2.18. The quantitative estimate of drug-likeness (QED) is 0.717. The van der Waals surface area contributed by atoms with E-state index >= 15 is 0 Å². The SMILES string of the molecule is CCc1nc(OC(CC)CC)c(NC)nc1-c1c(OC)ccnc1N(C)C. The van der Waals surface area contributed by atoms with Crippen LogP contribution in [0.3, 0.4) is 0 Å². The monoisotopic (exact) mass is 373 g/mol. The van der Waals surface area contributed by atoms with Crippen molar-refractivity contribution in [2.24, 2.45) is 0 Å². The molecular formula is C20H31N5O2. The van der Waals surface area contributed by atoms with E-state index in [0.29, 0.717) is 17.4 Å². The van der Waals surface area contributed by atoms with Crippen LogP contribution >= 0.6 is 0 Å². The Bertz CT molecular complexity index is 760. The Morgan fingerprint density at radius 2 is 1.85 bits per heavy atom. The highest BCUT2D eigenvalue weighted by Gasteiger charge is 2.23. The summed E-state index contributed by atoms with van der Waals surface area (Å²) in [5.41, 5.74) is 2.44. The molecule has 2 aromatic rings. The molecule has 2 rings (SSSR count). The first-order valence-electron chi connectivity index (χ1n) is 9.46. The second-order valence-electron chi connectivity index (χ2n) is 6.44. The minimum atomic E-state index is 0.118. The molecule has 0 radical (unpaired) electrons. The third-order valence-electron chi connectivity index (χ3n) is 4.47. The zero-order chi connectivity index (χ0) is 20.0. The predicted octanol–water partition coefficient (Wildman–Crippen LogP) is 3.78. The van der Waals surface area contributed by atoms with Gasteiger partial charge in [-0.25, -0.2) is 15.0 Å². The van der Waals surface area contributed by atoms with Gasteiger partial charge >= 0.3 is 0 Å². The van der Waals surface area contributed by atoms with Gasteiger partial charge in [0.25, 0.3) is 5.88 Å². The number of nitrogens with one attached hydrogen (secondary N) is 1. The lowest BCUT2D eigenvalue weighted by atomic mass is 10.1. The minimum absolute atomic E-state index is 0.118. The number of aromatic nitrogens is 3. The van der Waals surface area contributed by atoms with E-state index in [9.17, 15) is 0 Å². The van der Waals surface area contributed by atoms with Gasteiger partial charge in [0.1, 0.15) is 23.4 Å². The molecule has 27 heavy (non-hydrogen) atoms. The summed E-state index contributed by atoms with van der Waals surface area (Å²) in [5, 5.41) is 3.12. The molecule has 0 aromatic carbocycles. The molecule has 0 aliphatic carbocycles. The summed E-state index contributed by atoms with van der Waals surface area (Å²) in [5.74, 6) is 2.66. The molecule has 148 valence electrons. The number of rotatable bonds is 9. The first-order chi connectivity index (χ1) is 13.0. The summed E-state index contributed by atoms with van der Waals surface area (Å²) in [6, 6.07) is 1.84. The summed E-state index contributed by atoms with van der Waals surface area (Å²) < 4.78 is 11.7. The second-order valence-corrected chi connectivity index (χ2v) is 6.44. The van der Waals surface area contributed by atoms with Crippen molar-refractivity contribution in [3.8, 4) is 22.9 Å². The van der Waals surface area contributed by atoms with Crippen molar-refractivity contribution in [3.63, 3.8) is 0 Å². The van der Waals surface area contributed by atoms with Crippen molar-refractivity contribution in [3.05, 3.63) is 18.0 Å². The Morgan fingerprint density at radius 1 is 1.15 bits per heavy atom. The average Bonchev–Trinajstić information content (AvgIpc) is 2.70. The van der Waals surface area contributed by atoms with Crippen LogP contribution in [0.4, 0.5) is 11.6 Å². The zero-order valence-electron chi connectivity index (χ0n) is 17.5. The van der Waals surface area contributed by atoms with Gasteiger partial charge in [0.2, 0.25) is 0 Å². The summed E-state index contributed by atoms with van der Waals surface area (Å²) in [6.07, 6.45) is 4.42.